The van der Waals surface area contributed by atoms with Crippen LogP contribution in [0.2, 0.25) is 0 Å². The van der Waals surface area contributed by atoms with Crippen LogP contribution >= 0.6 is 0 Å². The Morgan fingerprint density at radius 2 is 1.57 bits per heavy atom. The number of sulfonamides is 1. The fourth-order valence-corrected chi connectivity index (χ4v) is 6.90. The first kappa shape index (κ1) is 32.7. The number of carbonyl (C=O) groups is 2. The SMILES string of the molecule is CC[C@@H](C(=O)NC1CCCC1)N(Cc1cccc(OC)c1)C(=O)CN(c1ccccc1OC)S(=O)(=O)c1ccc(OC)cc1. The van der Waals surface area contributed by atoms with E-state index in [1.165, 1.54) is 31.3 Å². The third-order valence-corrected chi connectivity index (χ3v) is 9.63. The summed E-state index contributed by atoms with van der Waals surface area (Å²) in [7, 11) is 0.223. The molecule has 0 saturated heterocycles. The van der Waals surface area contributed by atoms with Gasteiger partial charge in [0, 0.05) is 12.6 Å². The number of para-hydroxylation sites is 2. The number of nitrogens with one attached hydrogen (secondary N) is 1. The van der Waals surface area contributed by atoms with Gasteiger partial charge >= 0.3 is 0 Å². The Labute approximate surface area is 260 Å². The van der Waals surface area contributed by atoms with Crippen molar-refractivity contribution in [3.63, 3.8) is 0 Å². The molecule has 44 heavy (non-hydrogen) atoms. The molecule has 0 spiro atoms. The van der Waals surface area contributed by atoms with E-state index >= 15 is 0 Å². The second-order valence-electron chi connectivity index (χ2n) is 10.6. The molecular formula is C33H41N3O7S. The Morgan fingerprint density at radius 1 is 0.886 bits per heavy atom. The molecule has 1 atom stereocenters. The summed E-state index contributed by atoms with van der Waals surface area (Å²) in [6.45, 7) is 1.36. The minimum Gasteiger partial charge on any atom is -0.497 e. The quantitative estimate of drug-likeness (QED) is 0.275. The summed E-state index contributed by atoms with van der Waals surface area (Å²) in [4.78, 5) is 29.4. The molecule has 1 aliphatic carbocycles. The highest BCUT2D eigenvalue weighted by atomic mass is 32.2. The molecule has 11 heteroatoms. The standard InChI is InChI=1S/C33H41N3O7S/c1-5-29(33(38)34-25-12-6-7-13-25)35(22-24-11-10-14-27(21-24)42-3)32(37)23-36(30-15-8-9-16-31(30)43-4)44(39,40)28-19-17-26(41-2)18-20-28/h8-11,14-21,25,29H,5-7,12-13,22-23H2,1-4H3,(H,34,38)/t29-/m0/s1. The highest BCUT2D eigenvalue weighted by Crippen LogP contribution is 2.33. The zero-order chi connectivity index (χ0) is 31.7. The zero-order valence-electron chi connectivity index (χ0n) is 25.7. The van der Waals surface area contributed by atoms with E-state index in [2.05, 4.69) is 5.32 Å². The Hall–Kier alpha value is -4.25. The molecule has 0 aromatic heterocycles. The van der Waals surface area contributed by atoms with Crippen molar-refractivity contribution in [2.24, 2.45) is 0 Å². The molecule has 1 saturated carbocycles. The van der Waals surface area contributed by atoms with E-state index < -0.39 is 28.5 Å². The Kier molecular flexibility index (Phi) is 11.1. The van der Waals surface area contributed by atoms with Crippen LogP contribution in [0.5, 0.6) is 17.2 Å². The van der Waals surface area contributed by atoms with Crippen LogP contribution in [-0.4, -0.2) is 65.1 Å². The monoisotopic (exact) mass is 623 g/mol. The first-order valence-electron chi connectivity index (χ1n) is 14.7. The van der Waals surface area contributed by atoms with Gasteiger partial charge in [0.25, 0.3) is 10.0 Å². The average molecular weight is 624 g/mol. The highest BCUT2D eigenvalue weighted by molar-refractivity contribution is 7.92. The zero-order valence-corrected chi connectivity index (χ0v) is 26.5. The van der Waals surface area contributed by atoms with Crippen LogP contribution in [0.4, 0.5) is 5.69 Å². The van der Waals surface area contributed by atoms with Crippen molar-refractivity contribution in [3.05, 3.63) is 78.4 Å². The van der Waals surface area contributed by atoms with E-state index in [4.69, 9.17) is 14.2 Å². The summed E-state index contributed by atoms with van der Waals surface area (Å²) in [5.74, 6) is 0.591. The van der Waals surface area contributed by atoms with Crippen molar-refractivity contribution in [1.82, 2.24) is 10.2 Å². The lowest BCUT2D eigenvalue weighted by Gasteiger charge is -2.34. The molecule has 1 fully saturated rings. The van der Waals surface area contributed by atoms with Gasteiger partial charge in [-0.15, -0.1) is 0 Å². The number of anilines is 1. The highest BCUT2D eigenvalue weighted by Gasteiger charge is 2.35. The summed E-state index contributed by atoms with van der Waals surface area (Å²) in [6, 6.07) is 19.1. The maximum Gasteiger partial charge on any atom is 0.264 e. The Bertz CT molecular complexity index is 1520. The largest absolute Gasteiger partial charge is 0.497 e. The van der Waals surface area contributed by atoms with Crippen LogP contribution in [0.15, 0.2) is 77.7 Å². The molecule has 0 heterocycles. The normalized spacial score (nSPS) is 14.0. The lowest BCUT2D eigenvalue weighted by atomic mass is 10.1. The number of ether oxygens (including phenoxy) is 3. The fourth-order valence-electron chi connectivity index (χ4n) is 5.48. The minimum atomic E-state index is -4.27. The first-order valence-corrected chi connectivity index (χ1v) is 16.2. The van der Waals surface area contributed by atoms with E-state index in [1.807, 2.05) is 19.1 Å². The molecule has 1 N–H and O–H groups in total. The van der Waals surface area contributed by atoms with E-state index in [0.717, 1.165) is 35.6 Å². The lowest BCUT2D eigenvalue weighted by molar-refractivity contribution is -0.140. The van der Waals surface area contributed by atoms with Crippen LogP contribution in [-0.2, 0) is 26.2 Å². The Balaban J connectivity index is 1.75. The van der Waals surface area contributed by atoms with E-state index in [0.29, 0.717) is 17.9 Å². The molecule has 1 aliphatic rings. The molecular weight excluding hydrogens is 582 g/mol. The van der Waals surface area contributed by atoms with E-state index in [9.17, 15) is 18.0 Å². The van der Waals surface area contributed by atoms with Gasteiger partial charge < -0.3 is 24.4 Å². The average Bonchev–Trinajstić information content (AvgIpc) is 3.56. The van der Waals surface area contributed by atoms with Gasteiger partial charge in [0.15, 0.2) is 0 Å². The van der Waals surface area contributed by atoms with E-state index in [1.54, 1.807) is 55.6 Å². The number of hydrogen-bond acceptors (Lipinski definition) is 7. The molecule has 236 valence electrons. The molecule has 0 bridgehead atoms. The molecule has 0 aliphatic heterocycles. The summed E-state index contributed by atoms with van der Waals surface area (Å²) >= 11 is 0. The number of amides is 2. The van der Waals surface area contributed by atoms with Gasteiger partial charge in [-0.05, 0) is 73.4 Å². The van der Waals surface area contributed by atoms with Crippen LogP contribution in [0.1, 0.15) is 44.6 Å². The van der Waals surface area contributed by atoms with Crippen molar-refractivity contribution in [1.29, 1.82) is 0 Å². The topological polar surface area (TPSA) is 114 Å². The van der Waals surface area contributed by atoms with Crippen LogP contribution in [0, 0.1) is 0 Å². The van der Waals surface area contributed by atoms with Gasteiger partial charge in [0.1, 0.15) is 29.8 Å². The summed E-state index contributed by atoms with van der Waals surface area (Å²) in [5, 5.41) is 3.12. The number of benzene rings is 3. The smallest absolute Gasteiger partial charge is 0.264 e. The number of methoxy groups -OCH3 is 3. The Morgan fingerprint density at radius 3 is 2.20 bits per heavy atom. The van der Waals surface area contributed by atoms with Crippen molar-refractivity contribution in [3.8, 4) is 17.2 Å². The van der Waals surface area contributed by atoms with E-state index in [-0.39, 0.29) is 34.8 Å². The maximum absolute atomic E-state index is 14.4. The third-order valence-electron chi connectivity index (χ3n) is 7.85. The summed E-state index contributed by atoms with van der Waals surface area (Å²) in [5.41, 5.74) is 0.940. The number of hydrogen-bond donors (Lipinski definition) is 1. The molecule has 3 aromatic rings. The molecule has 0 radical (unpaired) electrons. The van der Waals surface area contributed by atoms with Crippen LogP contribution in [0.25, 0.3) is 0 Å². The predicted molar refractivity (Wildman–Crippen MR) is 169 cm³/mol. The summed E-state index contributed by atoms with van der Waals surface area (Å²) < 4.78 is 45.5. The van der Waals surface area contributed by atoms with Crippen LogP contribution in [0.3, 0.4) is 0 Å². The second kappa shape index (κ2) is 15.0. The fraction of sp³-hybridized carbons (Fsp3) is 0.394. The first-order chi connectivity index (χ1) is 21.2. The van der Waals surface area contributed by atoms with Crippen molar-refractivity contribution in [2.75, 3.05) is 32.2 Å². The number of rotatable bonds is 14. The van der Waals surface area contributed by atoms with Crippen LogP contribution < -0.4 is 23.8 Å². The second-order valence-corrected chi connectivity index (χ2v) is 12.5. The molecule has 3 aromatic carbocycles. The van der Waals surface area contributed by atoms with Gasteiger partial charge in [0.2, 0.25) is 11.8 Å². The predicted octanol–water partition coefficient (Wildman–Crippen LogP) is 4.77. The van der Waals surface area contributed by atoms with Gasteiger partial charge in [-0.2, -0.15) is 0 Å². The van der Waals surface area contributed by atoms with Gasteiger partial charge in [-0.3, -0.25) is 13.9 Å². The minimum absolute atomic E-state index is 0.0256. The molecule has 4 rings (SSSR count). The molecule has 10 nitrogen and oxygen atoms in total. The molecule has 2 amide bonds. The van der Waals surface area contributed by atoms with Gasteiger partial charge in [0.05, 0.1) is 31.9 Å². The third kappa shape index (κ3) is 7.63. The maximum atomic E-state index is 14.4. The number of nitrogens with zero attached hydrogens (tertiary/aromatic N) is 2. The van der Waals surface area contributed by atoms with Gasteiger partial charge in [-0.25, -0.2) is 8.42 Å². The summed E-state index contributed by atoms with van der Waals surface area (Å²) in [6.07, 6.45) is 4.23. The van der Waals surface area contributed by atoms with Gasteiger partial charge in [-0.1, -0.05) is 44.0 Å². The van der Waals surface area contributed by atoms with Crippen molar-refractivity contribution in [2.45, 2.75) is 62.6 Å². The molecule has 0 unspecified atom stereocenters. The number of carbonyl (C=O) groups excluding carboxylic acids is 2. The van der Waals surface area contributed by atoms with Crippen molar-refractivity contribution < 1.29 is 32.2 Å². The lowest BCUT2D eigenvalue weighted by Crippen LogP contribution is -2.53. The van der Waals surface area contributed by atoms with Crippen molar-refractivity contribution >= 4 is 27.5 Å².